The molecule has 0 radical (unpaired) electrons. The highest BCUT2D eigenvalue weighted by molar-refractivity contribution is 7.89. The van der Waals surface area contributed by atoms with Gasteiger partial charge in [-0.3, -0.25) is 0 Å². The van der Waals surface area contributed by atoms with E-state index < -0.39 is 10.0 Å². The number of aromatic nitrogens is 2. The van der Waals surface area contributed by atoms with Crippen LogP contribution in [0, 0.1) is 13.8 Å². The standard InChI is InChI=1S/C15H20N4O4S/c1-11-15(12(2)23-18-11)24(20,21)17-10-13-3-4-14(16-9-13)19-5-7-22-8-6-19/h3-4,9,17H,5-8,10H2,1-2H3. The molecule has 0 atom stereocenters. The summed E-state index contributed by atoms with van der Waals surface area (Å²) in [6, 6.07) is 3.76. The molecule has 3 heterocycles. The second-order valence-electron chi connectivity index (χ2n) is 5.60. The van der Waals surface area contributed by atoms with Crippen LogP contribution in [0.15, 0.2) is 27.7 Å². The maximum absolute atomic E-state index is 12.4. The lowest BCUT2D eigenvalue weighted by atomic mass is 10.3. The normalized spacial score (nSPS) is 15.7. The topological polar surface area (TPSA) is 97.6 Å². The third-order valence-corrected chi connectivity index (χ3v) is 5.49. The number of sulfonamides is 1. The quantitative estimate of drug-likeness (QED) is 0.857. The molecule has 0 aromatic carbocycles. The third kappa shape index (κ3) is 3.58. The molecule has 0 saturated carbocycles. The summed E-state index contributed by atoms with van der Waals surface area (Å²) in [5.41, 5.74) is 1.13. The Balaban J connectivity index is 1.66. The zero-order valence-electron chi connectivity index (χ0n) is 13.7. The average Bonchev–Trinajstić information content (AvgIpc) is 2.94. The molecule has 2 aromatic heterocycles. The molecule has 3 rings (SSSR count). The van der Waals surface area contributed by atoms with Gasteiger partial charge in [0.2, 0.25) is 10.0 Å². The molecule has 1 saturated heterocycles. The van der Waals surface area contributed by atoms with E-state index >= 15 is 0 Å². The van der Waals surface area contributed by atoms with E-state index in [1.165, 1.54) is 0 Å². The van der Waals surface area contributed by atoms with Gasteiger partial charge in [-0.25, -0.2) is 18.1 Å². The predicted molar refractivity (Wildman–Crippen MR) is 87.3 cm³/mol. The molecular formula is C15H20N4O4S. The Morgan fingerprint density at radius 1 is 1.25 bits per heavy atom. The third-order valence-electron chi connectivity index (χ3n) is 3.85. The number of nitrogens with zero attached hydrogens (tertiary/aromatic N) is 3. The van der Waals surface area contributed by atoms with Crippen molar-refractivity contribution in [3.63, 3.8) is 0 Å². The molecule has 2 aromatic rings. The first-order valence-corrected chi connectivity index (χ1v) is 9.16. The Bertz CT molecular complexity index is 776. The summed E-state index contributed by atoms with van der Waals surface area (Å²) >= 11 is 0. The van der Waals surface area contributed by atoms with E-state index in [2.05, 4.69) is 19.8 Å². The van der Waals surface area contributed by atoms with Crippen molar-refractivity contribution < 1.29 is 17.7 Å². The molecular weight excluding hydrogens is 332 g/mol. The van der Waals surface area contributed by atoms with Crippen molar-refractivity contribution in [3.8, 4) is 0 Å². The van der Waals surface area contributed by atoms with Crippen LogP contribution >= 0.6 is 0 Å². The van der Waals surface area contributed by atoms with Gasteiger partial charge in [-0.1, -0.05) is 11.2 Å². The monoisotopic (exact) mass is 352 g/mol. The zero-order valence-corrected chi connectivity index (χ0v) is 14.5. The Labute approximate surface area is 140 Å². The van der Waals surface area contributed by atoms with Gasteiger partial charge in [-0.05, 0) is 25.5 Å². The fourth-order valence-electron chi connectivity index (χ4n) is 2.61. The van der Waals surface area contributed by atoms with Gasteiger partial charge in [0.15, 0.2) is 5.76 Å². The molecule has 0 bridgehead atoms. The van der Waals surface area contributed by atoms with Crippen molar-refractivity contribution >= 4 is 15.8 Å². The van der Waals surface area contributed by atoms with E-state index in [1.54, 1.807) is 20.0 Å². The van der Waals surface area contributed by atoms with Crippen LogP contribution < -0.4 is 9.62 Å². The van der Waals surface area contributed by atoms with E-state index in [9.17, 15) is 8.42 Å². The first kappa shape index (κ1) is 16.9. The molecule has 8 nitrogen and oxygen atoms in total. The number of morpholine rings is 1. The molecule has 0 unspecified atom stereocenters. The molecule has 24 heavy (non-hydrogen) atoms. The molecule has 0 amide bonds. The summed E-state index contributed by atoms with van der Waals surface area (Å²) in [5, 5.41) is 3.68. The summed E-state index contributed by atoms with van der Waals surface area (Å²) in [7, 11) is -3.67. The van der Waals surface area contributed by atoms with Crippen LogP contribution in [0.25, 0.3) is 0 Å². The van der Waals surface area contributed by atoms with E-state index in [0.717, 1.165) is 24.5 Å². The number of nitrogens with one attached hydrogen (secondary N) is 1. The van der Waals surface area contributed by atoms with Crippen molar-refractivity contribution in [2.24, 2.45) is 0 Å². The smallest absolute Gasteiger partial charge is 0.246 e. The molecule has 0 spiro atoms. The van der Waals surface area contributed by atoms with Gasteiger partial charge in [-0.2, -0.15) is 0 Å². The van der Waals surface area contributed by atoms with Crippen LogP contribution in [0.5, 0.6) is 0 Å². The molecule has 1 N–H and O–H groups in total. The molecule has 9 heteroatoms. The fourth-order valence-corrected chi connectivity index (χ4v) is 3.95. The van der Waals surface area contributed by atoms with Crippen molar-refractivity contribution in [1.29, 1.82) is 0 Å². The van der Waals surface area contributed by atoms with Crippen LogP contribution in [0.3, 0.4) is 0 Å². The van der Waals surface area contributed by atoms with Crippen molar-refractivity contribution in [2.45, 2.75) is 25.3 Å². The predicted octanol–water partition coefficient (Wildman–Crippen LogP) is 1.00. The minimum absolute atomic E-state index is 0.0976. The van der Waals surface area contributed by atoms with Crippen LogP contribution in [-0.2, 0) is 21.3 Å². The summed E-state index contributed by atoms with van der Waals surface area (Å²) in [6.07, 6.45) is 1.68. The van der Waals surface area contributed by atoms with Gasteiger partial charge in [-0.15, -0.1) is 0 Å². The zero-order chi connectivity index (χ0) is 17.2. The Morgan fingerprint density at radius 3 is 2.58 bits per heavy atom. The summed E-state index contributed by atoms with van der Waals surface area (Å²) < 4.78 is 37.5. The van der Waals surface area contributed by atoms with Gasteiger partial charge < -0.3 is 14.2 Å². The SMILES string of the molecule is Cc1noc(C)c1S(=O)(=O)NCc1ccc(N2CCOCC2)nc1. The fraction of sp³-hybridized carbons (Fsp3) is 0.467. The maximum Gasteiger partial charge on any atom is 0.246 e. The number of ether oxygens (including phenoxy) is 1. The van der Waals surface area contributed by atoms with E-state index in [4.69, 9.17) is 9.26 Å². The summed E-state index contributed by atoms with van der Waals surface area (Å²) in [5.74, 6) is 1.15. The average molecular weight is 352 g/mol. The van der Waals surface area contributed by atoms with Gasteiger partial charge in [0.05, 0.1) is 13.2 Å². The van der Waals surface area contributed by atoms with Gasteiger partial charge in [0.1, 0.15) is 16.4 Å². The van der Waals surface area contributed by atoms with Gasteiger partial charge in [0.25, 0.3) is 0 Å². The number of aryl methyl sites for hydroxylation is 2. The first-order chi connectivity index (χ1) is 11.5. The lowest BCUT2D eigenvalue weighted by Gasteiger charge is -2.27. The molecule has 1 fully saturated rings. The molecule has 130 valence electrons. The molecule has 0 aliphatic carbocycles. The summed E-state index contributed by atoms with van der Waals surface area (Å²) in [4.78, 5) is 6.64. The summed E-state index contributed by atoms with van der Waals surface area (Å²) in [6.45, 7) is 6.34. The van der Waals surface area contributed by atoms with Crippen molar-refractivity contribution in [3.05, 3.63) is 35.3 Å². The Kier molecular flexibility index (Phi) is 4.83. The molecule has 1 aliphatic heterocycles. The van der Waals surface area contributed by atoms with Crippen molar-refractivity contribution in [2.75, 3.05) is 31.2 Å². The van der Waals surface area contributed by atoms with E-state index in [0.29, 0.717) is 18.9 Å². The number of pyridine rings is 1. The van der Waals surface area contributed by atoms with E-state index in [1.807, 2.05) is 12.1 Å². The second-order valence-corrected chi connectivity index (χ2v) is 7.31. The van der Waals surface area contributed by atoms with Gasteiger partial charge >= 0.3 is 0 Å². The highest BCUT2D eigenvalue weighted by atomic mass is 32.2. The Morgan fingerprint density at radius 2 is 2.00 bits per heavy atom. The minimum atomic E-state index is -3.67. The highest BCUT2D eigenvalue weighted by Gasteiger charge is 2.23. The van der Waals surface area contributed by atoms with E-state index in [-0.39, 0.29) is 17.2 Å². The van der Waals surface area contributed by atoms with Crippen molar-refractivity contribution in [1.82, 2.24) is 14.9 Å². The number of hydrogen-bond acceptors (Lipinski definition) is 7. The Hall–Kier alpha value is -1.97. The van der Waals surface area contributed by atoms with Gasteiger partial charge in [0, 0.05) is 25.8 Å². The number of hydrogen-bond donors (Lipinski definition) is 1. The largest absolute Gasteiger partial charge is 0.378 e. The molecule has 1 aliphatic rings. The lowest BCUT2D eigenvalue weighted by Crippen LogP contribution is -2.36. The first-order valence-electron chi connectivity index (χ1n) is 7.67. The number of anilines is 1. The lowest BCUT2D eigenvalue weighted by molar-refractivity contribution is 0.122. The van der Waals surface area contributed by atoms with Crippen LogP contribution in [0.1, 0.15) is 17.0 Å². The maximum atomic E-state index is 12.4. The van der Waals surface area contributed by atoms with Crippen LogP contribution in [-0.4, -0.2) is 44.9 Å². The number of rotatable bonds is 5. The second kappa shape index (κ2) is 6.88. The van der Waals surface area contributed by atoms with Crippen LogP contribution in [0.4, 0.5) is 5.82 Å². The minimum Gasteiger partial charge on any atom is -0.378 e. The highest BCUT2D eigenvalue weighted by Crippen LogP contribution is 2.19. The van der Waals surface area contributed by atoms with Crippen LogP contribution in [0.2, 0.25) is 0 Å².